The van der Waals surface area contributed by atoms with Gasteiger partial charge in [0, 0.05) is 11.4 Å². The van der Waals surface area contributed by atoms with Gasteiger partial charge in [-0.2, -0.15) is 5.26 Å². The van der Waals surface area contributed by atoms with Gasteiger partial charge in [-0.3, -0.25) is 10.1 Å². The van der Waals surface area contributed by atoms with E-state index in [2.05, 4.69) is 10.6 Å². The largest absolute Gasteiger partial charge is 0.484 e. The number of thiophene rings is 1. The van der Waals surface area contributed by atoms with Crippen molar-refractivity contribution in [1.82, 2.24) is 10.6 Å². The summed E-state index contributed by atoms with van der Waals surface area (Å²) in [5.41, 5.74) is 0.506. The number of nitriles is 1. The van der Waals surface area contributed by atoms with Gasteiger partial charge in [0.2, 0.25) is 0 Å². The Balaban J connectivity index is 1.65. The molecular formula is C16H15N3O3S. The van der Waals surface area contributed by atoms with Crippen LogP contribution < -0.4 is 15.4 Å². The summed E-state index contributed by atoms with van der Waals surface area (Å²) in [6, 6.07) is 11.7. The molecule has 2 rings (SSSR count). The van der Waals surface area contributed by atoms with E-state index >= 15 is 0 Å². The van der Waals surface area contributed by atoms with E-state index < -0.39 is 11.9 Å². The minimum absolute atomic E-state index is 0.274. The third kappa shape index (κ3) is 5.80. The first-order valence-corrected chi connectivity index (χ1v) is 7.78. The van der Waals surface area contributed by atoms with E-state index in [1.807, 2.05) is 23.6 Å². The number of carbonyl (C=O) groups excluding carboxylic acids is 2. The number of benzene rings is 1. The number of amides is 3. The van der Waals surface area contributed by atoms with Crippen molar-refractivity contribution >= 4 is 23.3 Å². The number of nitrogens with zero attached hydrogens (tertiary/aromatic N) is 1. The first-order valence-electron chi connectivity index (χ1n) is 6.90. The van der Waals surface area contributed by atoms with Crippen LogP contribution in [0.25, 0.3) is 0 Å². The van der Waals surface area contributed by atoms with Crippen LogP contribution in [-0.2, 0) is 11.2 Å². The number of hydrogen-bond acceptors (Lipinski definition) is 5. The zero-order valence-corrected chi connectivity index (χ0v) is 13.1. The molecule has 0 radical (unpaired) electrons. The van der Waals surface area contributed by atoms with Crippen molar-refractivity contribution < 1.29 is 14.3 Å². The topological polar surface area (TPSA) is 91.2 Å². The van der Waals surface area contributed by atoms with E-state index in [1.54, 1.807) is 35.6 Å². The fourth-order valence-electron chi connectivity index (χ4n) is 1.74. The lowest BCUT2D eigenvalue weighted by Gasteiger charge is -2.08. The number of imide groups is 1. The molecule has 0 atom stereocenters. The van der Waals surface area contributed by atoms with Gasteiger partial charge in [0.15, 0.2) is 6.61 Å². The van der Waals surface area contributed by atoms with E-state index in [1.165, 1.54) is 4.88 Å². The van der Waals surface area contributed by atoms with Gasteiger partial charge >= 0.3 is 6.03 Å². The molecule has 0 unspecified atom stereocenters. The Bertz CT molecular complexity index is 690. The average Bonchev–Trinajstić information content (AvgIpc) is 3.07. The Kier molecular flexibility index (Phi) is 6.15. The van der Waals surface area contributed by atoms with Crippen LogP contribution in [0.15, 0.2) is 41.8 Å². The maximum absolute atomic E-state index is 11.6. The predicted octanol–water partition coefficient (Wildman–Crippen LogP) is 2.07. The second-order valence-corrected chi connectivity index (χ2v) is 5.59. The van der Waals surface area contributed by atoms with Gasteiger partial charge in [0.25, 0.3) is 5.91 Å². The molecule has 0 bridgehead atoms. The summed E-state index contributed by atoms with van der Waals surface area (Å²) < 4.78 is 5.23. The van der Waals surface area contributed by atoms with Crippen molar-refractivity contribution in [3.63, 3.8) is 0 Å². The standard InChI is InChI=1S/C16H15N3O3S/c17-10-12-3-5-13(6-4-12)22-11-15(20)19-16(21)18-8-7-14-2-1-9-23-14/h1-6,9H,7-8,11H2,(H2,18,19,20,21). The van der Waals surface area contributed by atoms with Crippen LogP contribution in [0.1, 0.15) is 10.4 Å². The SMILES string of the molecule is N#Cc1ccc(OCC(=O)NC(=O)NCCc2cccs2)cc1. The van der Waals surface area contributed by atoms with Crippen molar-refractivity contribution in [2.75, 3.05) is 13.2 Å². The highest BCUT2D eigenvalue weighted by atomic mass is 32.1. The molecule has 0 spiro atoms. The zero-order valence-electron chi connectivity index (χ0n) is 12.2. The Morgan fingerprint density at radius 2 is 2.00 bits per heavy atom. The van der Waals surface area contributed by atoms with Gasteiger partial charge in [0.1, 0.15) is 5.75 Å². The molecule has 0 aliphatic rings. The molecule has 118 valence electrons. The zero-order chi connectivity index (χ0) is 16.5. The Hall–Kier alpha value is -2.85. The molecule has 2 aromatic rings. The third-order valence-electron chi connectivity index (χ3n) is 2.84. The molecule has 1 aromatic carbocycles. The molecule has 0 aliphatic carbocycles. The molecule has 0 fully saturated rings. The highest BCUT2D eigenvalue weighted by Gasteiger charge is 2.08. The van der Waals surface area contributed by atoms with Crippen molar-refractivity contribution in [1.29, 1.82) is 5.26 Å². The maximum Gasteiger partial charge on any atom is 0.321 e. The molecule has 0 aliphatic heterocycles. The molecule has 0 saturated heterocycles. The number of hydrogen-bond donors (Lipinski definition) is 2. The number of urea groups is 1. The molecule has 7 heteroatoms. The van der Waals surface area contributed by atoms with Crippen molar-refractivity contribution in [3.8, 4) is 11.8 Å². The fraction of sp³-hybridized carbons (Fsp3) is 0.188. The Labute approximate surface area is 137 Å². The number of nitrogens with one attached hydrogen (secondary N) is 2. The molecule has 3 amide bonds. The van der Waals surface area contributed by atoms with E-state index in [4.69, 9.17) is 10.00 Å². The highest BCUT2D eigenvalue weighted by molar-refractivity contribution is 7.09. The summed E-state index contributed by atoms with van der Waals surface area (Å²) in [6.07, 6.45) is 0.723. The molecule has 0 saturated carbocycles. The van der Waals surface area contributed by atoms with E-state index in [0.29, 0.717) is 17.9 Å². The van der Waals surface area contributed by atoms with E-state index in [0.717, 1.165) is 6.42 Å². The minimum Gasteiger partial charge on any atom is -0.484 e. The lowest BCUT2D eigenvalue weighted by molar-refractivity contribution is -0.122. The van der Waals surface area contributed by atoms with Gasteiger partial charge in [-0.15, -0.1) is 11.3 Å². The van der Waals surface area contributed by atoms with Crippen molar-refractivity contribution in [3.05, 3.63) is 52.2 Å². The summed E-state index contributed by atoms with van der Waals surface area (Å²) in [4.78, 5) is 24.3. The van der Waals surface area contributed by atoms with E-state index in [9.17, 15) is 9.59 Å². The van der Waals surface area contributed by atoms with Crippen molar-refractivity contribution in [2.45, 2.75) is 6.42 Å². The molecule has 23 heavy (non-hydrogen) atoms. The summed E-state index contributed by atoms with van der Waals surface area (Å²) in [7, 11) is 0. The highest BCUT2D eigenvalue weighted by Crippen LogP contribution is 2.11. The van der Waals surface area contributed by atoms with Gasteiger partial charge in [0.05, 0.1) is 11.6 Å². The lowest BCUT2D eigenvalue weighted by atomic mass is 10.2. The van der Waals surface area contributed by atoms with Gasteiger partial charge in [-0.1, -0.05) is 6.07 Å². The predicted molar refractivity (Wildman–Crippen MR) is 86.2 cm³/mol. The second-order valence-electron chi connectivity index (χ2n) is 4.56. The van der Waals surface area contributed by atoms with E-state index in [-0.39, 0.29) is 6.61 Å². The van der Waals surface area contributed by atoms with Gasteiger partial charge in [-0.25, -0.2) is 4.79 Å². The van der Waals surface area contributed by atoms with Crippen LogP contribution in [0, 0.1) is 11.3 Å². The van der Waals surface area contributed by atoms with Crippen molar-refractivity contribution in [2.24, 2.45) is 0 Å². The number of rotatable bonds is 6. The van der Waals surface area contributed by atoms with Crippen LogP contribution in [0.4, 0.5) is 4.79 Å². The second kappa shape index (κ2) is 8.56. The first kappa shape index (κ1) is 16.5. The lowest BCUT2D eigenvalue weighted by Crippen LogP contribution is -2.42. The normalized spacial score (nSPS) is 9.70. The van der Waals surface area contributed by atoms with Crippen LogP contribution >= 0.6 is 11.3 Å². The summed E-state index contributed by atoms with van der Waals surface area (Å²) in [5.74, 6) is -0.0831. The van der Waals surface area contributed by atoms with Gasteiger partial charge < -0.3 is 10.1 Å². The summed E-state index contributed by atoms with van der Waals surface area (Å²) in [5, 5.41) is 15.4. The average molecular weight is 329 g/mol. The molecule has 1 aromatic heterocycles. The Morgan fingerprint density at radius 3 is 2.65 bits per heavy atom. The first-order chi connectivity index (χ1) is 11.2. The fourth-order valence-corrected chi connectivity index (χ4v) is 2.44. The molecule has 2 N–H and O–H groups in total. The molecule has 6 nitrogen and oxygen atoms in total. The number of ether oxygens (including phenoxy) is 1. The molecule has 1 heterocycles. The summed E-state index contributed by atoms with van der Waals surface area (Å²) in [6.45, 7) is 0.181. The van der Waals surface area contributed by atoms with Crippen LogP contribution in [0.5, 0.6) is 5.75 Å². The summed E-state index contributed by atoms with van der Waals surface area (Å²) >= 11 is 1.62. The Morgan fingerprint density at radius 1 is 1.22 bits per heavy atom. The van der Waals surface area contributed by atoms with Gasteiger partial charge in [-0.05, 0) is 42.1 Å². The van der Waals surface area contributed by atoms with Crippen LogP contribution in [-0.4, -0.2) is 25.1 Å². The third-order valence-corrected chi connectivity index (χ3v) is 3.78. The van der Waals surface area contributed by atoms with Crippen LogP contribution in [0.2, 0.25) is 0 Å². The molecular weight excluding hydrogens is 314 g/mol. The maximum atomic E-state index is 11.6. The quantitative estimate of drug-likeness (QED) is 0.849. The monoisotopic (exact) mass is 329 g/mol. The smallest absolute Gasteiger partial charge is 0.321 e. The minimum atomic E-state index is -0.546. The van der Waals surface area contributed by atoms with Crippen LogP contribution in [0.3, 0.4) is 0 Å². The number of carbonyl (C=O) groups is 2.